The van der Waals surface area contributed by atoms with Crippen LogP contribution in [-0.4, -0.2) is 19.1 Å². The number of carbonyl (C=O) groups excluding carboxylic acids is 1. The third-order valence-corrected chi connectivity index (χ3v) is 4.35. The molecule has 3 N–H and O–H groups in total. The predicted octanol–water partition coefficient (Wildman–Crippen LogP) is 3.66. The maximum atomic E-state index is 12.2. The molecule has 3 rings (SSSR count). The number of thiophene rings is 1. The van der Waals surface area contributed by atoms with Crippen LogP contribution < -0.4 is 20.5 Å². The van der Waals surface area contributed by atoms with Gasteiger partial charge >= 0.3 is 0 Å². The van der Waals surface area contributed by atoms with Gasteiger partial charge in [0.2, 0.25) is 0 Å². The molecule has 0 saturated heterocycles. The molecular weight excluding hydrogens is 335 g/mol. The minimum Gasteiger partial charge on any atom is -0.486 e. The van der Waals surface area contributed by atoms with Crippen LogP contribution in [0.25, 0.3) is 0 Å². The lowest BCUT2D eigenvalue weighted by Crippen LogP contribution is -2.17. The van der Waals surface area contributed by atoms with Gasteiger partial charge in [0.25, 0.3) is 5.91 Å². The van der Waals surface area contributed by atoms with Crippen LogP contribution in [0.3, 0.4) is 0 Å². The van der Waals surface area contributed by atoms with Crippen LogP contribution in [0, 0.1) is 0 Å². The van der Waals surface area contributed by atoms with Crippen LogP contribution in [0.4, 0.5) is 11.4 Å². The van der Waals surface area contributed by atoms with E-state index in [0.717, 1.165) is 11.3 Å². The van der Waals surface area contributed by atoms with E-state index in [-0.39, 0.29) is 5.91 Å². The molecule has 1 amide bonds. The third kappa shape index (κ3) is 2.88. The maximum absolute atomic E-state index is 12.2. The van der Waals surface area contributed by atoms with Crippen molar-refractivity contribution in [2.45, 2.75) is 0 Å². The van der Waals surface area contributed by atoms with E-state index in [9.17, 15) is 4.79 Å². The standard InChI is InChI=1S/C13H10Cl2N2O3S/c14-11-3-6(12(15)21-11)13(18)17-8-5-10-9(4-7(8)16)19-1-2-20-10/h3-5H,1-2,16H2,(H,17,18). The Balaban J connectivity index is 1.87. The number of rotatable bonds is 2. The Morgan fingerprint density at radius 1 is 1.19 bits per heavy atom. The highest BCUT2D eigenvalue weighted by molar-refractivity contribution is 7.20. The van der Waals surface area contributed by atoms with Crippen LogP contribution in [0.5, 0.6) is 11.5 Å². The molecule has 1 aliphatic rings. The van der Waals surface area contributed by atoms with Crippen LogP contribution in [0.15, 0.2) is 18.2 Å². The zero-order valence-corrected chi connectivity index (χ0v) is 12.9. The Kier molecular flexibility index (Phi) is 3.84. The summed E-state index contributed by atoms with van der Waals surface area (Å²) in [6.45, 7) is 0.928. The van der Waals surface area contributed by atoms with Crippen molar-refractivity contribution in [3.8, 4) is 11.5 Å². The first-order chi connectivity index (χ1) is 10.0. The largest absolute Gasteiger partial charge is 0.486 e. The number of ether oxygens (including phenoxy) is 2. The lowest BCUT2D eigenvalue weighted by Gasteiger charge is -2.20. The van der Waals surface area contributed by atoms with E-state index in [0.29, 0.717) is 50.3 Å². The SMILES string of the molecule is Nc1cc2c(cc1NC(=O)c1cc(Cl)sc1Cl)OCCO2. The fraction of sp³-hybridized carbons (Fsp3) is 0.154. The molecule has 1 aromatic carbocycles. The highest BCUT2D eigenvalue weighted by Gasteiger charge is 2.18. The molecule has 0 atom stereocenters. The van der Waals surface area contributed by atoms with E-state index in [2.05, 4.69) is 5.32 Å². The van der Waals surface area contributed by atoms with Gasteiger partial charge in [-0.05, 0) is 6.07 Å². The molecule has 1 aromatic heterocycles. The smallest absolute Gasteiger partial charge is 0.258 e. The molecule has 1 aliphatic heterocycles. The van der Waals surface area contributed by atoms with E-state index in [4.69, 9.17) is 38.4 Å². The van der Waals surface area contributed by atoms with Gasteiger partial charge in [-0.3, -0.25) is 4.79 Å². The van der Waals surface area contributed by atoms with Crippen LogP contribution in [0.1, 0.15) is 10.4 Å². The molecule has 0 aliphatic carbocycles. The predicted molar refractivity (Wildman–Crippen MR) is 84.1 cm³/mol. The van der Waals surface area contributed by atoms with Gasteiger partial charge in [0, 0.05) is 12.1 Å². The van der Waals surface area contributed by atoms with Gasteiger partial charge in [-0.15, -0.1) is 11.3 Å². The first-order valence-electron chi connectivity index (χ1n) is 6.00. The molecule has 110 valence electrons. The number of fused-ring (bicyclic) bond motifs is 1. The number of carbonyl (C=O) groups is 1. The van der Waals surface area contributed by atoms with E-state index in [1.165, 1.54) is 6.07 Å². The van der Waals surface area contributed by atoms with Crippen LogP contribution in [-0.2, 0) is 0 Å². The first kappa shape index (κ1) is 14.3. The topological polar surface area (TPSA) is 73.6 Å². The minimum atomic E-state index is -0.383. The van der Waals surface area contributed by atoms with E-state index in [1.807, 2.05) is 0 Å². The number of hydrogen-bond donors (Lipinski definition) is 2. The van der Waals surface area contributed by atoms with Crippen molar-refractivity contribution in [1.82, 2.24) is 0 Å². The molecule has 0 fully saturated rings. The van der Waals surface area contributed by atoms with Gasteiger partial charge in [-0.25, -0.2) is 0 Å². The number of halogens is 2. The van der Waals surface area contributed by atoms with Crippen LogP contribution >= 0.6 is 34.5 Å². The summed E-state index contributed by atoms with van der Waals surface area (Å²) < 4.78 is 11.6. The van der Waals surface area contributed by atoms with E-state index in [1.54, 1.807) is 12.1 Å². The van der Waals surface area contributed by atoms with Gasteiger partial charge in [0.15, 0.2) is 11.5 Å². The molecule has 5 nitrogen and oxygen atoms in total. The highest BCUT2D eigenvalue weighted by Crippen LogP contribution is 2.38. The normalized spacial score (nSPS) is 13.0. The molecule has 8 heteroatoms. The highest BCUT2D eigenvalue weighted by atomic mass is 35.5. The second-order valence-corrected chi connectivity index (χ2v) is 6.56. The average molecular weight is 345 g/mol. The molecule has 2 aromatic rings. The number of amides is 1. The fourth-order valence-electron chi connectivity index (χ4n) is 1.90. The number of hydrogen-bond acceptors (Lipinski definition) is 5. The van der Waals surface area contributed by atoms with Crippen molar-refractivity contribution >= 4 is 51.8 Å². The van der Waals surface area contributed by atoms with Gasteiger partial charge in [-0.2, -0.15) is 0 Å². The quantitative estimate of drug-likeness (QED) is 0.815. The van der Waals surface area contributed by atoms with Crippen molar-refractivity contribution in [2.75, 3.05) is 24.3 Å². The Labute approximate surface area is 134 Å². The van der Waals surface area contributed by atoms with Gasteiger partial charge < -0.3 is 20.5 Å². The summed E-state index contributed by atoms with van der Waals surface area (Å²) in [7, 11) is 0. The van der Waals surface area contributed by atoms with Crippen molar-refractivity contribution in [3.05, 3.63) is 32.4 Å². The Hall–Kier alpha value is -1.63. The third-order valence-electron chi connectivity index (χ3n) is 2.86. The molecule has 0 saturated carbocycles. The monoisotopic (exact) mass is 344 g/mol. The second kappa shape index (κ2) is 5.63. The number of anilines is 2. The summed E-state index contributed by atoms with van der Waals surface area (Å²) in [4.78, 5) is 12.2. The molecule has 0 unspecified atom stereocenters. The number of benzene rings is 1. The van der Waals surface area contributed by atoms with Crippen molar-refractivity contribution in [3.63, 3.8) is 0 Å². The van der Waals surface area contributed by atoms with Gasteiger partial charge in [0.1, 0.15) is 17.6 Å². The summed E-state index contributed by atoms with van der Waals surface area (Å²) in [5.41, 5.74) is 7.03. The Morgan fingerprint density at radius 2 is 1.86 bits per heavy atom. The van der Waals surface area contributed by atoms with Crippen molar-refractivity contribution < 1.29 is 14.3 Å². The summed E-state index contributed by atoms with van der Waals surface area (Å²) in [6, 6.07) is 4.76. The van der Waals surface area contributed by atoms with E-state index < -0.39 is 0 Å². The molecule has 0 radical (unpaired) electrons. The zero-order valence-electron chi connectivity index (χ0n) is 10.6. The maximum Gasteiger partial charge on any atom is 0.258 e. The zero-order chi connectivity index (χ0) is 15.0. The first-order valence-corrected chi connectivity index (χ1v) is 7.57. The fourth-order valence-corrected chi connectivity index (χ4v) is 3.36. The average Bonchev–Trinajstić information content (AvgIpc) is 2.78. The lowest BCUT2D eigenvalue weighted by molar-refractivity contribution is 0.102. The second-order valence-electron chi connectivity index (χ2n) is 4.28. The minimum absolute atomic E-state index is 0.306. The Morgan fingerprint density at radius 3 is 2.48 bits per heavy atom. The number of nitrogen functional groups attached to an aromatic ring is 1. The molecule has 0 spiro atoms. The lowest BCUT2D eigenvalue weighted by atomic mass is 10.2. The van der Waals surface area contributed by atoms with Crippen molar-refractivity contribution in [2.24, 2.45) is 0 Å². The van der Waals surface area contributed by atoms with Crippen LogP contribution in [0.2, 0.25) is 8.67 Å². The summed E-state index contributed by atoms with van der Waals surface area (Å²) in [5, 5.41) is 2.69. The molecule has 21 heavy (non-hydrogen) atoms. The van der Waals surface area contributed by atoms with E-state index >= 15 is 0 Å². The van der Waals surface area contributed by atoms with Gasteiger partial charge in [0.05, 0.1) is 21.3 Å². The molecule has 0 bridgehead atoms. The Bertz CT molecular complexity index is 718. The van der Waals surface area contributed by atoms with Gasteiger partial charge in [-0.1, -0.05) is 23.2 Å². The summed E-state index contributed by atoms with van der Waals surface area (Å²) >= 11 is 12.9. The number of nitrogens with one attached hydrogen (secondary N) is 1. The summed E-state index contributed by atoms with van der Waals surface area (Å²) in [6.07, 6.45) is 0. The molecular formula is C13H10Cl2N2O3S. The van der Waals surface area contributed by atoms with Crippen molar-refractivity contribution in [1.29, 1.82) is 0 Å². The molecule has 2 heterocycles. The summed E-state index contributed by atoms with van der Waals surface area (Å²) in [5.74, 6) is 0.722. The number of nitrogens with two attached hydrogens (primary N) is 1.